The number of nitrogens with zero attached hydrogens (tertiary/aromatic N) is 2. The molecule has 0 spiro atoms. The van der Waals surface area contributed by atoms with Crippen LogP contribution in [0.1, 0.15) is 18.5 Å². The van der Waals surface area contributed by atoms with Crippen molar-refractivity contribution in [2.45, 2.75) is 13.0 Å². The molecule has 0 aliphatic carbocycles. The molecular weight excluding hydrogens is 324 g/mol. The van der Waals surface area contributed by atoms with Gasteiger partial charge in [0.15, 0.2) is 6.61 Å². The molecule has 0 radical (unpaired) electrons. The lowest BCUT2D eigenvalue weighted by molar-refractivity contribution is -0.384. The van der Waals surface area contributed by atoms with Crippen molar-refractivity contribution in [1.29, 1.82) is 0 Å². The number of likely N-dealkylation sites (N-methyl/N-ethyl adjacent to an activating group) is 1. The second-order valence-corrected chi connectivity index (χ2v) is 5.49. The molecule has 2 aromatic rings. The zero-order valence-corrected chi connectivity index (χ0v) is 14.3. The van der Waals surface area contributed by atoms with Gasteiger partial charge < -0.3 is 14.4 Å². The molecule has 2 aromatic carbocycles. The monoisotopic (exact) mass is 344 g/mol. The number of methoxy groups -OCH3 is 1. The standard InChI is InChI=1S/C18H20N2O5/c1-13(14-4-8-16(24-3)9-5-14)19(2)18(21)12-25-17-10-6-15(7-11-17)20(22)23/h4-11,13H,12H2,1-3H3. The molecule has 0 bridgehead atoms. The molecule has 2 rings (SSSR count). The first-order chi connectivity index (χ1) is 11.9. The minimum absolute atomic E-state index is 0.0241. The van der Waals surface area contributed by atoms with Crippen LogP contribution in [0, 0.1) is 10.1 Å². The zero-order chi connectivity index (χ0) is 18.4. The number of carbonyl (C=O) groups excluding carboxylic acids is 1. The number of ether oxygens (including phenoxy) is 2. The first kappa shape index (κ1) is 18.3. The number of amides is 1. The maximum absolute atomic E-state index is 12.3. The lowest BCUT2D eigenvalue weighted by atomic mass is 10.1. The first-order valence-electron chi connectivity index (χ1n) is 7.69. The molecule has 0 aromatic heterocycles. The number of non-ortho nitro benzene ring substituents is 1. The largest absolute Gasteiger partial charge is 0.497 e. The molecule has 1 atom stereocenters. The smallest absolute Gasteiger partial charge is 0.269 e. The molecule has 132 valence electrons. The van der Waals surface area contributed by atoms with E-state index in [0.717, 1.165) is 11.3 Å². The van der Waals surface area contributed by atoms with Gasteiger partial charge in [0.25, 0.3) is 11.6 Å². The first-order valence-corrected chi connectivity index (χ1v) is 7.69. The molecule has 25 heavy (non-hydrogen) atoms. The minimum Gasteiger partial charge on any atom is -0.497 e. The molecule has 0 N–H and O–H groups in total. The van der Waals surface area contributed by atoms with Crippen molar-refractivity contribution in [3.8, 4) is 11.5 Å². The van der Waals surface area contributed by atoms with Crippen LogP contribution in [0.15, 0.2) is 48.5 Å². The summed E-state index contributed by atoms with van der Waals surface area (Å²) in [6, 6.07) is 13.0. The fourth-order valence-electron chi connectivity index (χ4n) is 2.23. The SMILES string of the molecule is COc1ccc(C(C)N(C)C(=O)COc2ccc([N+](=O)[O-])cc2)cc1. The van der Waals surface area contributed by atoms with E-state index in [1.165, 1.54) is 24.3 Å². The van der Waals surface area contributed by atoms with Crippen LogP contribution in [0.4, 0.5) is 5.69 Å². The van der Waals surface area contributed by atoms with E-state index in [1.807, 2.05) is 31.2 Å². The van der Waals surface area contributed by atoms with Crippen LogP contribution in [-0.2, 0) is 4.79 Å². The lowest BCUT2D eigenvalue weighted by Crippen LogP contribution is -2.33. The molecule has 0 saturated heterocycles. The minimum atomic E-state index is -0.487. The van der Waals surface area contributed by atoms with E-state index in [1.54, 1.807) is 19.1 Å². The summed E-state index contributed by atoms with van der Waals surface area (Å²) in [5.74, 6) is 0.970. The van der Waals surface area contributed by atoms with E-state index in [9.17, 15) is 14.9 Å². The van der Waals surface area contributed by atoms with Gasteiger partial charge >= 0.3 is 0 Å². The highest BCUT2D eigenvalue weighted by Gasteiger charge is 2.18. The van der Waals surface area contributed by atoms with Crippen molar-refractivity contribution in [1.82, 2.24) is 4.90 Å². The van der Waals surface area contributed by atoms with Gasteiger partial charge in [0.2, 0.25) is 0 Å². The molecule has 7 heteroatoms. The summed E-state index contributed by atoms with van der Waals surface area (Å²) < 4.78 is 10.5. The molecule has 0 saturated carbocycles. The summed E-state index contributed by atoms with van der Waals surface area (Å²) in [5.41, 5.74) is 0.955. The Labute approximate surface area is 145 Å². The second kappa shape index (κ2) is 8.14. The highest BCUT2D eigenvalue weighted by molar-refractivity contribution is 5.78. The Morgan fingerprint density at radius 3 is 2.20 bits per heavy atom. The van der Waals surface area contributed by atoms with Gasteiger partial charge in [0, 0.05) is 19.2 Å². The van der Waals surface area contributed by atoms with Crippen LogP contribution in [-0.4, -0.2) is 36.5 Å². The number of nitro groups is 1. The highest BCUT2D eigenvalue weighted by atomic mass is 16.6. The second-order valence-electron chi connectivity index (χ2n) is 5.49. The number of carbonyl (C=O) groups is 1. The maximum atomic E-state index is 12.3. The van der Waals surface area contributed by atoms with Gasteiger partial charge in [-0.15, -0.1) is 0 Å². The van der Waals surface area contributed by atoms with E-state index in [-0.39, 0.29) is 24.2 Å². The summed E-state index contributed by atoms with van der Waals surface area (Å²) in [7, 11) is 3.31. The van der Waals surface area contributed by atoms with Crippen molar-refractivity contribution >= 4 is 11.6 Å². The molecule has 1 unspecified atom stereocenters. The van der Waals surface area contributed by atoms with Crippen LogP contribution >= 0.6 is 0 Å². The average Bonchev–Trinajstić information content (AvgIpc) is 2.65. The molecule has 0 aliphatic heterocycles. The summed E-state index contributed by atoms with van der Waals surface area (Å²) in [5, 5.41) is 10.6. The molecule has 0 heterocycles. The third kappa shape index (κ3) is 4.69. The molecule has 7 nitrogen and oxygen atoms in total. The van der Waals surface area contributed by atoms with Crippen LogP contribution in [0.25, 0.3) is 0 Å². The molecule has 0 aliphatic rings. The molecule has 0 fully saturated rings. The van der Waals surface area contributed by atoms with E-state index >= 15 is 0 Å². The fourth-order valence-corrected chi connectivity index (χ4v) is 2.23. The third-order valence-electron chi connectivity index (χ3n) is 3.98. The number of benzene rings is 2. The highest BCUT2D eigenvalue weighted by Crippen LogP contribution is 2.22. The van der Waals surface area contributed by atoms with Crippen LogP contribution in [0.2, 0.25) is 0 Å². The number of nitro benzene ring substituents is 1. The predicted molar refractivity (Wildman–Crippen MR) is 92.8 cm³/mol. The Kier molecular flexibility index (Phi) is 5.94. The fraction of sp³-hybridized carbons (Fsp3) is 0.278. The number of hydrogen-bond acceptors (Lipinski definition) is 5. The van der Waals surface area contributed by atoms with Gasteiger partial charge in [-0.2, -0.15) is 0 Å². The third-order valence-corrected chi connectivity index (χ3v) is 3.98. The van der Waals surface area contributed by atoms with E-state index in [2.05, 4.69) is 0 Å². The number of hydrogen-bond donors (Lipinski definition) is 0. The van der Waals surface area contributed by atoms with Crippen molar-refractivity contribution in [3.05, 3.63) is 64.2 Å². The van der Waals surface area contributed by atoms with Crippen molar-refractivity contribution in [2.24, 2.45) is 0 Å². The predicted octanol–water partition coefficient (Wildman–Crippen LogP) is 3.20. The molecular formula is C18H20N2O5. The lowest BCUT2D eigenvalue weighted by Gasteiger charge is -2.25. The zero-order valence-electron chi connectivity index (χ0n) is 14.3. The van der Waals surface area contributed by atoms with Crippen LogP contribution in [0.5, 0.6) is 11.5 Å². The molecule has 1 amide bonds. The Morgan fingerprint density at radius 1 is 1.12 bits per heavy atom. The summed E-state index contributed by atoms with van der Waals surface area (Å²) in [6.07, 6.45) is 0. The van der Waals surface area contributed by atoms with Gasteiger partial charge in [-0.3, -0.25) is 14.9 Å². The van der Waals surface area contributed by atoms with Crippen LogP contribution in [0.3, 0.4) is 0 Å². The summed E-state index contributed by atoms with van der Waals surface area (Å²) in [4.78, 5) is 24.0. The van der Waals surface area contributed by atoms with Crippen molar-refractivity contribution in [2.75, 3.05) is 20.8 Å². The van der Waals surface area contributed by atoms with Crippen LogP contribution < -0.4 is 9.47 Å². The topological polar surface area (TPSA) is 81.9 Å². The van der Waals surface area contributed by atoms with Gasteiger partial charge in [-0.1, -0.05) is 12.1 Å². The quantitative estimate of drug-likeness (QED) is 0.569. The Bertz CT molecular complexity index is 728. The Morgan fingerprint density at radius 2 is 1.68 bits per heavy atom. The maximum Gasteiger partial charge on any atom is 0.269 e. The Hall–Kier alpha value is -3.09. The summed E-state index contributed by atoms with van der Waals surface area (Å²) >= 11 is 0. The van der Waals surface area contributed by atoms with Gasteiger partial charge in [0.1, 0.15) is 11.5 Å². The van der Waals surface area contributed by atoms with Gasteiger partial charge in [-0.05, 0) is 36.8 Å². The van der Waals surface area contributed by atoms with Crippen molar-refractivity contribution < 1.29 is 19.2 Å². The number of rotatable bonds is 7. The normalized spacial score (nSPS) is 11.5. The van der Waals surface area contributed by atoms with Gasteiger partial charge in [0.05, 0.1) is 18.1 Å². The van der Waals surface area contributed by atoms with Gasteiger partial charge in [-0.25, -0.2) is 0 Å². The average molecular weight is 344 g/mol. The van der Waals surface area contributed by atoms with Crippen molar-refractivity contribution in [3.63, 3.8) is 0 Å². The Balaban J connectivity index is 1.93. The van der Waals surface area contributed by atoms with E-state index in [4.69, 9.17) is 9.47 Å². The summed E-state index contributed by atoms with van der Waals surface area (Å²) in [6.45, 7) is 1.78. The van der Waals surface area contributed by atoms with E-state index in [0.29, 0.717) is 5.75 Å². The van der Waals surface area contributed by atoms with E-state index < -0.39 is 4.92 Å².